The van der Waals surface area contributed by atoms with E-state index in [-0.39, 0.29) is 52.9 Å². The summed E-state index contributed by atoms with van der Waals surface area (Å²) >= 11 is 0. The second kappa shape index (κ2) is 6.03. The largest absolute Gasteiger partial charge is 0.464 e. The lowest BCUT2D eigenvalue weighted by atomic mass is 9.45. The highest BCUT2D eigenvalue weighted by Crippen LogP contribution is 2.68. The van der Waals surface area contributed by atoms with Crippen LogP contribution in [0.2, 0.25) is 0 Å². The van der Waals surface area contributed by atoms with Crippen molar-refractivity contribution < 1.29 is 24.2 Å². The van der Waals surface area contributed by atoms with E-state index in [1.54, 1.807) is 7.11 Å². The Bertz CT molecular complexity index is 614. The minimum atomic E-state index is -0.995. The molecule has 5 heteroatoms. The first kappa shape index (κ1) is 18.4. The van der Waals surface area contributed by atoms with E-state index >= 15 is 0 Å². The summed E-state index contributed by atoms with van der Waals surface area (Å²) in [6, 6.07) is 0. The quantitative estimate of drug-likeness (QED) is 0.616. The summed E-state index contributed by atoms with van der Waals surface area (Å²) in [6.45, 7) is 5.28. The average molecular weight is 364 g/mol. The molecule has 4 aliphatic rings. The van der Waals surface area contributed by atoms with Crippen LogP contribution in [0, 0.1) is 39.9 Å². The van der Waals surface area contributed by atoms with Gasteiger partial charge < -0.3 is 14.6 Å². The smallest absolute Gasteiger partial charge is 0.319 e. The SMILES string of the molecule is COC[C@H]1C(=O)[C@]23C[C@H]1CC[C@H]2[C@@]1(CCCC(C)(C)[C@H]1CO)COC3=O. The number of rotatable bonds is 3. The van der Waals surface area contributed by atoms with Gasteiger partial charge in [-0.1, -0.05) is 20.3 Å². The fourth-order valence-corrected chi connectivity index (χ4v) is 7.39. The van der Waals surface area contributed by atoms with E-state index in [4.69, 9.17) is 9.47 Å². The summed E-state index contributed by atoms with van der Waals surface area (Å²) in [5, 5.41) is 10.3. The predicted molar refractivity (Wildman–Crippen MR) is 95.2 cm³/mol. The van der Waals surface area contributed by atoms with Gasteiger partial charge in [-0.2, -0.15) is 0 Å². The Balaban J connectivity index is 1.80. The summed E-state index contributed by atoms with van der Waals surface area (Å²) in [7, 11) is 1.62. The molecule has 1 heterocycles. The molecular formula is C21H32O5. The lowest BCUT2D eigenvalue weighted by Crippen LogP contribution is -2.64. The number of cyclic esters (lactones) is 1. The van der Waals surface area contributed by atoms with E-state index in [0.717, 1.165) is 32.1 Å². The number of fused-ring (bicyclic) bond motifs is 2. The van der Waals surface area contributed by atoms with Crippen LogP contribution in [0.4, 0.5) is 0 Å². The molecule has 0 unspecified atom stereocenters. The van der Waals surface area contributed by atoms with Crippen molar-refractivity contribution in [3.63, 3.8) is 0 Å². The van der Waals surface area contributed by atoms with Gasteiger partial charge in [0, 0.05) is 25.0 Å². The molecule has 6 atom stereocenters. The maximum absolute atomic E-state index is 13.5. The van der Waals surface area contributed by atoms with Crippen LogP contribution in [0.3, 0.4) is 0 Å². The molecule has 0 aromatic rings. The fraction of sp³-hybridized carbons (Fsp3) is 0.905. The van der Waals surface area contributed by atoms with Crippen LogP contribution < -0.4 is 0 Å². The van der Waals surface area contributed by atoms with E-state index in [1.165, 1.54) is 0 Å². The first-order valence-corrected chi connectivity index (χ1v) is 10.1. The molecule has 0 amide bonds. The van der Waals surface area contributed by atoms with Gasteiger partial charge in [0.1, 0.15) is 5.41 Å². The van der Waals surface area contributed by atoms with E-state index < -0.39 is 5.41 Å². The molecule has 1 N–H and O–H groups in total. The van der Waals surface area contributed by atoms with Gasteiger partial charge in [-0.05, 0) is 55.3 Å². The highest BCUT2D eigenvalue weighted by atomic mass is 16.5. The van der Waals surface area contributed by atoms with Gasteiger partial charge in [0.15, 0.2) is 5.78 Å². The minimum Gasteiger partial charge on any atom is -0.464 e. The van der Waals surface area contributed by atoms with E-state index in [0.29, 0.717) is 19.6 Å². The number of hydrogen-bond donors (Lipinski definition) is 1. The first-order valence-electron chi connectivity index (χ1n) is 10.1. The third-order valence-electron chi connectivity index (χ3n) is 8.51. The zero-order valence-electron chi connectivity index (χ0n) is 16.3. The van der Waals surface area contributed by atoms with Gasteiger partial charge in [-0.25, -0.2) is 0 Å². The second-order valence-corrected chi connectivity index (χ2v) is 9.88. The fourth-order valence-electron chi connectivity index (χ4n) is 7.39. The molecule has 0 aromatic heterocycles. The molecule has 3 aliphatic carbocycles. The molecule has 1 saturated heterocycles. The first-order chi connectivity index (χ1) is 12.3. The zero-order chi connectivity index (χ0) is 18.7. The number of hydrogen-bond acceptors (Lipinski definition) is 5. The molecule has 4 fully saturated rings. The summed E-state index contributed by atoms with van der Waals surface area (Å²) in [4.78, 5) is 26.5. The van der Waals surface area contributed by atoms with Crippen LogP contribution in [0.5, 0.6) is 0 Å². The third kappa shape index (κ3) is 2.16. The lowest BCUT2D eigenvalue weighted by molar-refractivity contribution is -0.216. The zero-order valence-corrected chi connectivity index (χ0v) is 16.3. The molecule has 26 heavy (non-hydrogen) atoms. The number of aliphatic hydroxyl groups is 1. The van der Waals surface area contributed by atoms with Gasteiger partial charge in [0.2, 0.25) is 0 Å². The second-order valence-electron chi connectivity index (χ2n) is 9.88. The molecule has 5 nitrogen and oxygen atoms in total. The molecule has 0 radical (unpaired) electrons. The van der Waals surface area contributed by atoms with Crippen LogP contribution in [-0.4, -0.2) is 43.8 Å². The standard InChI is InChI=1S/C21H32O5/c1-19(2)7-4-8-20(16(19)10-22)12-26-18(24)21-9-13(5-6-15(20)21)14(11-25-3)17(21)23/h13-16,22H,4-12H2,1-3H3/t13-,14-,15+,16-,20-,21+/m1/s1. The van der Waals surface area contributed by atoms with Crippen LogP contribution in [0.1, 0.15) is 52.4 Å². The predicted octanol–water partition coefficient (Wildman–Crippen LogP) is 2.60. The number of aliphatic hydroxyl groups excluding tert-OH is 1. The van der Waals surface area contributed by atoms with Crippen molar-refractivity contribution in [3.8, 4) is 0 Å². The number of Topliss-reactive ketones (excluding diaryl/α,β-unsaturated/α-hetero) is 1. The highest BCUT2D eigenvalue weighted by Gasteiger charge is 2.72. The topological polar surface area (TPSA) is 72.8 Å². The summed E-state index contributed by atoms with van der Waals surface area (Å²) in [5.41, 5.74) is -1.28. The Kier molecular flexibility index (Phi) is 4.27. The average Bonchev–Trinajstić information content (AvgIpc) is 2.80. The van der Waals surface area contributed by atoms with Crippen molar-refractivity contribution in [1.82, 2.24) is 0 Å². The van der Waals surface area contributed by atoms with Crippen molar-refractivity contribution in [3.05, 3.63) is 0 Å². The van der Waals surface area contributed by atoms with E-state index in [1.807, 2.05) is 0 Å². The van der Waals surface area contributed by atoms with Crippen LogP contribution in [-0.2, 0) is 19.1 Å². The summed E-state index contributed by atoms with van der Waals surface area (Å²) in [5.74, 6) is -0.150. The third-order valence-corrected chi connectivity index (χ3v) is 8.51. The Hall–Kier alpha value is -0.940. The van der Waals surface area contributed by atoms with Crippen molar-refractivity contribution >= 4 is 11.8 Å². The van der Waals surface area contributed by atoms with Crippen molar-refractivity contribution in [2.45, 2.75) is 52.4 Å². The van der Waals surface area contributed by atoms with Gasteiger partial charge in [0.05, 0.1) is 13.2 Å². The normalized spacial score (nSPS) is 46.9. The van der Waals surface area contributed by atoms with Gasteiger partial charge in [-0.3, -0.25) is 9.59 Å². The number of carbonyl (C=O) groups is 2. The molecular weight excluding hydrogens is 332 g/mol. The molecule has 146 valence electrons. The van der Waals surface area contributed by atoms with Crippen molar-refractivity contribution in [2.75, 3.05) is 26.9 Å². The van der Waals surface area contributed by atoms with Gasteiger partial charge in [-0.15, -0.1) is 0 Å². The number of carbonyl (C=O) groups excluding carboxylic acids is 2. The molecule has 2 spiro atoms. The molecule has 3 saturated carbocycles. The lowest BCUT2D eigenvalue weighted by Gasteiger charge is -2.61. The number of esters is 1. The Morgan fingerprint density at radius 1 is 1.23 bits per heavy atom. The van der Waals surface area contributed by atoms with Crippen molar-refractivity contribution in [1.29, 1.82) is 0 Å². The molecule has 0 aromatic carbocycles. The summed E-state index contributed by atoms with van der Waals surface area (Å²) in [6.07, 6.45) is 5.54. The van der Waals surface area contributed by atoms with E-state index in [9.17, 15) is 14.7 Å². The maximum Gasteiger partial charge on any atom is 0.319 e. The highest BCUT2D eigenvalue weighted by molar-refractivity contribution is 6.08. The Labute approximate surface area is 155 Å². The van der Waals surface area contributed by atoms with Crippen LogP contribution >= 0.6 is 0 Å². The summed E-state index contributed by atoms with van der Waals surface area (Å²) < 4.78 is 11.1. The van der Waals surface area contributed by atoms with E-state index in [2.05, 4.69) is 13.8 Å². The Morgan fingerprint density at radius 2 is 2.00 bits per heavy atom. The number of methoxy groups -OCH3 is 1. The minimum absolute atomic E-state index is 0.00131. The molecule has 1 aliphatic heterocycles. The maximum atomic E-state index is 13.5. The van der Waals surface area contributed by atoms with Crippen LogP contribution in [0.25, 0.3) is 0 Å². The van der Waals surface area contributed by atoms with Crippen LogP contribution in [0.15, 0.2) is 0 Å². The van der Waals surface area contributed by atoms with Gasteiger partial charge >= 0.3 is 5.97 Å². The number of ketones is 1. The van der Waals surface area contributed by atoms with Gasteiger partial charge in [0.25, 0.3) is 0 Å². The molecule has 2 bridgehead atoms. The molecule has 4 rings (SSSR count). The Morgan fingerprint density at radius 3 is 2.69 bits per heavy atom. The monoisotopic (exact) mass is 364 g/mol. The van der Waals surface area contributed by atoms with Crippen molar-refractivity contribution in [2.24, 2.45) is 39.9 Å². The number of ether oxygens (including phenoxy) is 2.